The van der Waals surface area contributed by atoms with Crippen LogP contribution >= 0.6 is 11.3 Å². The first-order valence-electron chi connectivity index (χ1n) is 9.27. The lowest BCUT2D eigenvalue weighted by molar-refractivity contribution is 0.0784. The van der Waals surface area contributed by atoms with Crippen LogP contribution in [0.25, 0.3) is 10.2 Å². The molecule has 3 aromatic rings. The maximum Gasteiger partial charge on any atom is 0.257 e. The van der Waals surface area contributed by atoms with E-state index in [0.29, 0.717) is 23.8 Å². The highest BCUT2D eigenvalue weighted by molar-refractivity contribution is 7.22. The second kappa shape index (κ2) is 7.75. The third-order valence-electron chi connectivity index (χ3n) is 5.05. The molecule has 1 amide bonds. The number of aromatic nitrogens is 1. The number of carbonyl (C=O) groups is 1. The third-order valence-corrected chi connectivity index (χ3v) is 6.03. The number of ether oxygens (including phenoxy) is 1. The van der Waals surface area contributed by atoms with Gasteiger partial charge in [0.05, 0.1) is 22.9 Å². The summed E-state index contributed by atoms with van der Waals surface area (Å²) in [7, 11) is 1.59. The number of fused-ring (bicyclic) bond motifs is 1. The van der Waals surface area contributed by atoms with Crippen molar-refractivity contribution in [3.63, 3.8) is 0 Å². The first-order valence-corrected chi connectivity index (χ1v) is 10.1. The molecule has 1 saturated heterocycles. The van der Waals surface area contributed by atoms with E-state index in [1.54, 1.807) is 13.2 Å². The highest BCUT2D eigenvalue weighted by Crippen LogP contribution is 2.28. The van der Waals surface area contributed by atoms with Crippen LogP contribution in [0.2, 0.25) is 0 Å². The normalized spacial score (nSPS) is 16.5. The fraction of sp³-hybridized carbons (Fsp3) is 0.333. The fourth-order valence-corrected chi connectivity index (χ4v) is 4.45. The number of rotatable bonds is 5. The Morgan fingerprint density at radius 2 is 2.21 bits per heavy atom. The van der Waals surface area contributed by atoms with Crippen LogP contribution in [0.15, 0.2) is 36.4 Å². The summed E-state index contributed by atoms with van der Waals surface area (Å²) in [6.07, 6.45) is 0.937. The van der Waals surface area contributed by atoms with Crippen LogP contribution in [0.1, 0.15) is 22.3 Å². The number of likely N-dealkylation sites (tertiary alicyclic amines) is 1. The molecule has 2 aromatic carbocycles. The number of hydrogen-bond donors (Lipinski definition) is 1. The second-order valence-corrected chi connectivity index (χ2v) is 8.15. The van der Waals surface area contributed by atoms with E-state index < -0.39 is 0 Å². The Bertz CT molecular complexity index is 1020. The van der Waals surface area contributed by atoms with Crippen molar-refractivity contribution in [1.82, 2.24) is 9.88 Å². The summed E-state index contributed by atoms with van der Waals surface area (Å²) < 4.78 is 19.5. The number of anilines is 1. The molecule has 0 saturated carbocycles. The summed E-state index contributed by atoms with van der Waals surface area (Å²) in [6.45, 7) is 4.13. The summed E-state index contributed by atoms with van der Waals surface area (Å²) >= 11 is 1.45. The van der Waals surface area contributed by atoms with Gasteiger partial charge < -0.3 is 15.0 Å². The molecule has 2 heterocycles. The van der Waals surface area contributed by atoms with E-state index in [1.165, 1.54) is 23.5 Å². The van der Waals surface area contributed by atoms with Crippen molar-refractivity contribution in [1.29, 1.82) is 0 Å². The molecule has 146 valence electrons. The SMILES string of the molecule is COc1ccc(C)cc1C(=O)N1CC[C@H](CNc2nc3ccc(F)cc3s2)C1. The molecule has 1 N–H and O–H groups in total. The largest absolute Gasteiger partial charge is 0.496 e. The Morgan fingerprint density at radius 1 is 1.36 bits per heavy atom. The van der Waals surface area contributed by atoms with Crippen LogP contribution in [0.5, 0.6) is 5.75 Å². The highest BCUT2D eigenvalue weighted by atomic mass is 32.1. The van der Waals surface area contributed by atoms with Gasteiger partial charge in [0.15, 0.2) is 5.13 Å². The van der Waals surface area contributed by atoms with Gasteiger partial charge in [-0.05, 0) is 49.6 Å². The third kappa shape index (κ3) is 3.80. The molecule has 1 atom stereocenters. The topological polar surface area (TPSA) is 54.5 Å². The fourth-order valence-electron chi connectivity index (χ4n) is 3.55. The van der Waals surface area contributed by atoms with E-state index in [1.807, 2.05) is 30.0 Å². The first kappa shape index (κ1) is 18.7. The summed E-state index contributed by atoms with van der Waals surface area (Å²) in [4.78, 5) is 19.3. The van der Waals surface area contributed by atoms with Crippen molar-refractivity contribution in [3.8, 4) is 5.75 Å². The van der Waals surface area contributed by atoms with E-state index in [9.17, 15) is 9.18 Å². The number of nitrogens with one attached hydrogen (secondary N) is 1. The van der Waals surface area contributed by atoms with Gasteiger partial charge in [-0.1, -0.05) is 23.0 Å². The van der Waals surface area contributed by atoms with Crippen molar-refractivity contribution in [2.24, 2.45) is 5.92 Å². The van der Waals surface area contributed by atoms with Crippen molar-refractivity contribution in [3.05, 3.63) is 53.3 Å². The Balaban J connectivity index is 1.38. The highest BCUT2D eigenvalue weighted by Gasteiger charge is 2.28. The van der Waals surface area contributed by atoms with Crippen LogP contribution in [-0.2, 0) is 0 Å². The van der Waals surface area contributed by atoms with Crippen LogP contribution in [0.4, 0.5) is 9.52 Å². The maximum atomic E-state index is 13.3. The molecule has 28 heavy (non-hydrogen) atoms. The molecule has 0 aliphatic carbocycles. The van der Waals surface area contributed by atoms with Gasteiger partial charge in [-0.3, -0.25) is 4.79 Å². The van der Waals surface area contributed by atoms with Crippen molar-refractivity contribution >= 4 is 32.6 Å². The smallest absolute Gasteiger partial charge is 0.257 e. The minimum absolute atomic E-state index is 0.0125. The zero-order valence-electron chi connectivity index (χ0n) is 15.9. The molecule has 7 heteroatoms. The monoisotopic (exact) mass is 399 g/mol. The molecule has 1 fully saturated rings. The number of methoxy groups -OCH3 is 1. The van der Waals surface area contributed by atoms with E-state index in [-0.39, 0.29) is 11.7 Å². The Kier molecular flexibility index (Phi) is 5.17. The van der Waals surface area contributed by atoms with Crippen LogP contribution in [-0.4, -0.2) is 42.5 Å². The molecule has 4 rings (SSSR count). The zero-order chi connectivity index (χ0) is 19.7. The Hall–Kier alpha value is -2.67. The molecule has 0 bridgehead atoms. The number of thiazole rings is 1. The molecule has 0 radical (unpaired) electrons. The maximum absolute atomic E-state index is 13.3. The Morgan fingerprint density at radius 3 is 3.04 bits per heavy atom. The number of benzene rings is 2. The number of hydrogen-bond acceptors (Lipinski definition) is 5. The van der Waals surface area contributed by atoms with E-state index in [2.05, 4.69) is 10.3 Å². The molecule has 1 aliphatic rings. The lowest BCUT2D eigenvalue weighted by Crippen LogP contribution is -2.30. The second-order valence-electron chi connectivity index (χ2n) is 7.12. The number of nitrogens with zero attached hydrogens (tertiary/aromatic N) is 2. The average Bonchev–Trinajstić information content (AvgIpc) is 3.32. The number of carbonyl (C=O) groups excluding carboxylic acids is 1. The molecule has 1 aliphatic heterocycles. The van der Waals surface area contributed by atoms with Gasteiger partial charge in [-0.15, -0.1) is 0 Å². The van der Waals surface area contributed by atoms with Gasteiger partial charge in [0.2, 0.25) is 0 Å². The molecular formula is C21H22FN3O2S. The molecule has 0 spiro atoms. The van der Waals surface area contributed by atoms with Gasteiger partial charge in [0.1, 0.15) is 11.6 Å². The van der Waals surface area contributed by atoms with Gasteiger partial charge in [0.25, 0.3) is 5.91 Å². The zero-order valence-corrected chi connectivity index (χ0v) is 16.7. The van der Waals surface area contributed by atoms with E-state index in [0.717, 1.165) is 40.4 Å². The molecule has 0 unspecified atom stereocenters. The predicted molar refractivity (Wildman–Crippen MR) is 110 cm³/mol. The van der Waals surface area contributed by atoms with E-state index >= 15 is 0 Å². The van der Waals surface area contributed by atoms with Crippen molar-refractivity contribution in [2.45, 2.75) is 13.3 Å². The standard InChI is InChI=1S/C21H22FN3O2S/c1-13-3-6-18(27-2)16(9-13)20(26)25-8-7-14(12-25)11-23-21-24-17-5-4-15(22)10-19(17)28-21/h3-6,9-10,14H,7-8,11-12H2,1-2H3,(H,23,24)/t14-/m1/s1. The average molecular weight is 399 g/mol. The lowest BCUT2D eigenvalue weighted by Gasteiger charge is -2.18. The van der Waals surface area contributed by atoms with Gasteiger partial charge in [0, 0.05) is 19.6 Å². The minimum atomic E-state index is -0.251. The van der Waals surface area contributed by atoms with Crippen molar-refractivity contribution in [2.75, 3.05) is 32.1 Å². The number of amides is 1. The van der Waals surface area contributed by atoms with Crippen LogP contribution < -0.4 is 10.1 Å². The minimum Gasteiger partial charge on any atom is -0.496 e. The Labute approximate surface area is 167 Å². The summed E-state index contributed by atoms with van der Waals surface area (Å²) in [6, 6.07) is 10.3. The van der Waals surface area contributed by atoms with Gasteiger partial charge in [-0.25, -0.2) is 9.37 Å². The van der Waals surface area contributed by atoms with Gasteiger partial charge in [-0.2, -0.15) is 0 Å². The predicted octanol–water partition coefficient (Wildman–Crippen LogP) is 4.33. The lowest BCUT2D eigenvalue weighted by atomic mass is 10.1. The van der Waals surface area contributed by atoms with Crippen molar-refractivity contribution < 1.29 is 13.9 Å². The number of aryl methyl sites for hydroxylation is 1. The molecule has 5 nitrogen and oxygen atoms in total. The van der Waals surface area contributed by atoms with Gasteiger partial charge >= 0.3 is 0 Å². The summed E-state index contributed by atoms with van der Waals surface area (Å²) in [5.41, 5.74) is 2.45. The molecule has 1 aromatic heterocycles. The quantitative estimate of drug-likeness (QED) is 0.694. The summed E-state index contributed by atoms with van der Waals surface area (Å²) in [5.74, 6) is 0.722. The molecular weight excluding hydrogens is 377 g/mol. The number of halogens is 1. The van der Waals surface area contributed by atoms with Crippen LogP contribution in [0.3, 0.4) is 0 Å². The summed E-state index contributed by atoms with van der Waals surface area (Å²) in [5, 5.41) is 4.13. The van der Waals surface area contributed by atoms with E-state index in [4.69, 9.17) is 4.74 Å². The first-order chi connectivity index (χ1) is 13.5. The van der Waals surface area contributed by atoms with Crippen LogP contribution in [0, 0.1) is 18.7 Å².